The number of nitrogens with two attached hydrogens (primary N) is 1. The maximum atomic E-state index is 11.4. The average Bonchev–Trinajstić information content (AvgIpc) is 3.08. The summed E-state index contributed by atoms with van der Waals surface area (Å²) >= 11 is 0. The summed E-state index contributed by atoms with van der Waals surface area (Å²) in [7, 11) is 3.61. The van der Waals surface area contributed by atoms with Gasteiger partial charge >= 0.3 is 0 Å². The number of aromatic nitrogens is 3. The quantitative estimate of drug-likeness (QED) is 0.293. The molecule has 1 amide bonds. The second-order valence-electron chi connectivity index (χ2n) is 8.01. The number of hydrogen-bond acceptors (Lipinski definition) is 5. The number of carbonyl (C=O) groups is 1. The van der Waals surface area contributed by atoms with Crippen LogP contribution in [0.1, 0.15) is 36.5 Å². The van der Waals surface area contributed by atoms with Gasteiger partial charge in [-0.05, 0) is 49.8 Å². The predicted octanol–water partition coefficient (Wildman–Crippen LogP) is 2.03. The van der Waals surface area contributed by atoms with E-state index in [4.69, 9.17) is 15.5 Å². The molecule has 2 aromatic rings. The lowest BCUT2D eigenvalue weighted by Gasteiger charge is -2.34. The van der Waals surface area contributed by atoms with Crippen LogP contribution in [0.3, 0.4) is 0 Å². The van der Waals surface area contributed by atoms with Crippen molar-refractivity contribution in [2.75, 3.05) is 26.7 Å². The zero-order valence-corrected chi connectivity index (χ0v) is 21.4. The zero-order chi connectivity index (χ0) is 22.2. The second-order valence-corrected chi connectivity index (χ2v) is 8.01. The van der Waals surface area contributed by atoms with Gasteiger partial charge in [0.25, 0.3) is 0 Å². The van der Waals surface area contributed by atoms with E-state index in [1.165, 1.54) is 5.56 Å². The molecule has 9 nitrogen and oxygen atoms in total. The van der Waals surface area contributed by atoms with Crippen molar-refractivity contribution >= 4 is 35.8 Å². The van der Waals surface area contributed by atoms with E-state index in [2.05, 4.69) is 32.5 Å². The number of hydrogen-bond donors (Lipinski definition) is 2. The number of primary amides is 1. The molecular formula is C22H34IN7O2. The smallest absolute Gasteiger partial charge is 0.217 e. The van der Waals surface area contributed by atoms with Gasteiger partial charge in [0.05, 0.1) is 7.11 Å². The lowest BCUT2D eigenvalue weighted by atomic mass is 9.95. The number of halogens is 1. The summed E-state index contributed by atoms with van der Waals surface area (Å²) in [6.45, 7) is 4.79. The van der Waals surface area contributed by atoms with E-state index in [1.54, 1.807) is 7.11 Å². The molecule has 1 aliphatic rings. The summed E-state index contributed by atoms with van der Waals surface area (Å²) in [6.07, 6.45) is 3.31. The molecule has 0 aliphatic carbocycles. The molecule has 3 rings (SSSR count). The number of methoxy groups -OCH3 is 1. The van der Waals surface area contributed by atoms with Crippen LogP contribution in [-0.2, 0) is 24.8 Å². The van der Waals surface area contributed by atoms with E-state index in [1.807, 2.05) is 30.7 Å². The fourth-order valence-electron chi connectivity index (χ4n) is 3.82. The van der Waals surface area contributed by atoms with Crippen molar-refractivity contribution in [3.63, 3.8) is 0 Å². The molecule has 10 heteroatoms. The molecule has 2 heterocycles. The maximum absolute atomic E-state index is 11.4. The van der Waals surface area contributed by atoms with Crippen molar-refractivity contribution in [2.45, 2.75) is 39.2 Å². The minimum absolute atomic E-state index is 0. The van der Waals surface area contributed by atoms with E-state index < -0.39 is 0 Å². The van der Waals surface area contributed by atoms with Gasteiger partial charge in [-0.2, -0.15) is 0 Å². The van der Waals surface area contributed by atoms with Crippen molar-refractivity contribution in [2.24, 2.45) is 23.7 Å². The fourth-order valence-corrected chi connectivity index (χ4v) is 3.82. The number of rotatable bonds is 8. The largest absolute Gasteiger partial charge is 0.497 e. The Kier molecular flexibility index (Phi) is 10.2. The number of piperidine rings is 1. The lowest BCUT2D eigenvalue weighted by Crippen LogP contribution is -2.47. The van der Waals surface area contributed by atoms with Crippen LogP contribution in [-0.4, -0.2) is 58.3 Å². The molecule has 1 fully saturated rings. The van der Waals surface area contributed by atoms with Gasteiger partial charge in [-0.3, -0.25) is 4.79 Å². The van der Waals surface area contributed by atoms with E-state index >= 15 is 0 Å². The number of nitrogens with zero attached hydrogens (tertiary/aromatic N) is 5. The molecule has 1 aromatic heterocycles. The monoisotopic (exact) mass is 555 g/mol. The highest BCUT2D eigenvalue weighted by Gasteiger charge is 2.24. The third kappa shape index (κ3) is 7.35. The first-order chi connectivity index (χ1) is 15.0. The van der Waals surface area contributed by atoms with Gasteiger partial charge in [-0.15, -0.1) is 34.2 Å². The van der Waals surface area contributed by atoms with E-state index in [0.717, 1.165) is 62.3 Å². The third-order valence-electron chi connectivity index (χ3n) is 5.72. The minimum atomic E-state index is -0.243. The van der Waals surface area contributed by atoms with Gasteiger partial charge in [0, 0.05) is 33.1 Å². The Labute approximate surface area is 206 Å². The van der Waals surface area contributed by atoms with E-state index in [0.29, 0.717) is 13.0 Å². The number of likely N-dealkylation sites (tertiary alicyclic amines) is 1. The lowest BCUT2D eigenvalue weighted by molar-refractivity contribution is -0.119. The number of amides is 1. The van der Waals surface area contributed by atoms with Crippen LogP contribution < -0.4 is 15.8 Å². The van der Waals surface area contributed by atoms with Crippen LogP contribution in [0, 0.1) is 12.8 Å². The number of aliphatic imine (C=N–C) groups is 1. The van der Waals surface area contributed by atoms with Gasteiger partial charge < -0.3 is 25.3 Å². The highest BCUT2D eigenvalue weighted by Crippen LogP contribution is 2.19. The first-order valence-electron chi connectivity index (χ1n) is 10.8. The first kappa shape index (κ1) is 25.9. The Balaban J connectivity index is 0.00000363. The molecule has 0 spiro atoms. The van der Waals surface area contributed by atoms with Crippen LogP contribution in [0.4, 0.5) is 0 Å². The standard InChI is InChI=1S/C22H33N7O2.HI/c1-16-26-27-21(28(16)2)14-25-22(29-12-4-5-18(15-29)13-20(23)30)24-11-10-17-6-8-19(31-3)9-7-17;/h6-9,18H,4-5,10-15H2,1-3H3,(H2,23,30)(H,24,25);1H. The predicted molar refractivity (Wildman–Crippen MR) is 135 cm³/mol. The summed E-state index contributed by atoms with van der Waals surface area (Å²) in [4.78, 5) is 18.5. The number of benzene rings is 1. The Bertz CT molecular complexity index is 898. The molecule has 0 bridgehead atoms. The summed E-state index contributed by atoms with van der Waals surface area (Å²) in [5, 5.41) is 11.8. The Morgan fingerprint density at radius 1 is 1.31 bits per heavy atom. The minimum Gasteiger partial charge on any atom is -0.497 e. The Morgan fingerprint density at radius 2 is 2.06 bits per heavy atom. The molecule has 0 saturated carbocycles. The molecule has 1 aliphatic heterocycles. The summed E-state index contributed by atoms with van der Waals surface area (Å²) in [5.74, 6) is 3.38. The SMILES string of the molecule is COc1ccc(CCNC(=NCc2nnc(C)n2C)N2CCCC(CC(N)=O)C2)cc1.I. The van der Waals surface area contributed by atoms with Crippen LogP contribution in [0.25, 0.3) is 0 Å². The Hall–Kier alpha value is -2.37. The van der Waals surface area contributed by atoms with Crippen LogP contribution in [0.15, 0.2) is 29.3 Å². The molecule has 1 saturated heterocycles. The highest BCUT2D eigenvalue weighted by molar-refractivity contribution is 14.0. The summed E-state index contributed by atoms with van der Waals surface area (Å²) in [6, 6.07) is 8.09. The van der Waals surface area contributed by atoms with Crippen molar-refractivity contribution in [3.05, 3.63) is 41.5 Å². The molecule has 1 atom stereocenters. The molecule has 1 aromatic carbocycles. The van der Waals surface area contributed by atoms with Crippen molar-refractivity contribution < 1.29 is 9.53 Å². The summed E-state index contributed by atoms with van der Waals surface area (Å²) in [5.41, 5.74) is 6.66. The number of aryl methyl sites for hydroxylation is 1. The molecule has 0 radical (unpaired) electrons. The molecule has 32 heavy (non-hydrogen) atoms. The van der Waals surface area contributed by atoms with Crippen molar-refractivity contribution in [1.29, 1.82) is 0 Å². The number of guanidine groups is 1. The van der Waals surface area contributed by atoms with Crippen LogP contribution in [0.5, 0.6) is 5.75 Å². The van der Waals surface area contributed by atoms with Crippen LogP contribution >= 0.6 is 24.0 Å². The molecule has 1 unspecified atom stereocenters. The van der Waals surface area contributed by atoms with E-state index in [9.17, 15) is 4.79 Å². The zero-order valence-electron chi connectivity index (χ0n) is 19.1. The van der Waals surface area contributed by atoms with Gasteiger partial charge in [-0.1, -0.05) is 12.1 Å². The fraction of sp³-hybridized carbons (Fsp3) is 0.545. The normalized spacial score (nSPS) is 16.4. The molecular weight excluding hydrogens is 521 g/mol. The van der Waals surface area contributed by atoms with Crippen molar-refractivity contribution in [3.8, 4) is 5.75 Å². The molecule has 3 N–H and O–H groups in total. The second kappa shape index (κ2) is 12.6. The van der Waals surface area contributed by atoms with E-state index in [-0.39, 0.29) is 35.8 Å². The number of ether oxygens (including phenoxy) is 1. The van der Waals surface area contributed by atoms with Gasteiger partial charge in [0.2, 0.25) is 5.91 Å². The van der Waals surface area contributed by atoms with Gasteiger partial charge in [0.15, 0.2) is 11.8 Å². The Morgan fingerprint density at radius 3 is 2.69 bits per heavy atom. The highest BCUT2D eigenvalue weighted by atomic mass is 127. The summed E-state index contributed by atoms with van der Waals surface area (Å²) < 4.78 is 7.18. The number of nitrogens with one attached hydrogen (secondary N) is 1. The maximum Gasteiger partial charge on any atom is 0.217 e. The first-order valence-corrected chi connectivity index (χ1v) is 10.8. The third-order valence-corrected chi connectivity index (χ3v) is 5.72. The van der Waals surface area contributed by atoms with Crippen LogP contribution in [0.2, 0.25) is 0 Å². The molecule has 176 valence electrons. The van der Waals surface area contributed by atoms with Crippen molar-refractivity contribution in [1.82, 2.24) is 25.0 Å². The number of carbonyl (C=O) groups excluding carboxylic acids is 1. The van der Waals surface area contributed by atoms with Gasteiger partial charge in [-0.25, -0.2) is 4.99 Å². The topological polar surface area (TPSA) is 111 Å². The average molecular weight is 555 g/mol. The van der Waals surface area contributed by atoms with Gasteiger partial charge in [0.1, 0.15) is 18.1 Å².